The topological polar surface area (TPSA) is 75.2 Å². The number of anilines is 1. The van der Waals surface area contributed by atoms with Gasteiger partial charge in [0.2, 0.25) is 0 Å². The van der Waals surface area contributed by atoms with Crippen molar-refractivity contribution in [2.75, 3.05) is 45.8 Å². The summed E-state index contributed by atoms with van der Waals surface area (Å²) in [5.74, 6) is 1.35. The van der Waals surface area contributed by atoms with Gasteiger partial charge in [-0.2, -0.15) is 0 Å². The van der Waals surface area contributed by atoms with Gasteiger partial charge in [0, 0.05) is 32.7 Å². The molecule has 1 heterocycles. The van der Waals surface area contributed by atoms with E-state index >= 15 is 0 Å². The molecule has 1 aromatic carbocycles. The second-order valence-electron chi connectivity index (χ2n) is 5.57. The number of nitrogens with zero attached hydrogens (tertiary/aromatic N) is 2. The fourth-order valence-corrected chi connectivity index (χ4v) is 2.76. The van der Waals surface area contributed by atoms with Crippen molar-refractivity contribution in [2.24, 2.45) is 4.99 Å². The fraction of sp³-hybridized carbons (Fsp3) is 0.529. The van der Waals surface area contributed by atoms with Gasteiger partial charge in [-0.1, -0.05) is 12.1 Å². The van der Waals surface area contributed by atoms with Gasteiger partial charge in [-0.15, -0.1) is 24.0 Å². The largest absolute Gasteiger partial charge is 0.495 e. The highest BCUT2D eigenvalue weighted by Gasteiger charge is 2.25. The van der Waals surface area contributed by atoms with E-state index in [0.717, 1.165) is 30.9 Å². The van der Waals surface area contributed by atoms with Crippen LogP contribution in [-0.2, 0) is 9.53 Å². The molecule has 1 fully saturated rings. The molecule has 0 aliphatic carbocycles. The first-order chi connectivity index (χ1) is 11.7. The lowest BCUT2D eigenvalue weighted by atomic mass is 10.2. The van der Waals surface area contributed by atoms with Gasteiger partial charge < -0.3 is 25.0 Å². The lowest BCUT2D eigenvalue weighted by Crippen LogP contribution is -2.45. The average Bonchev–Trinajstić information content (AvgIpc) is 3.08. The first-order valence-corrected chi connectivity index (χ1v) is 8.10. The molecule has 1 atom stereocenters. The number of carbonyl (C=O) groups is 1. The zero-order valence-corrected chi connectivity index (χ0v) is 17.3. The number of esters is 1. The summed E-state index contributed by atoms with van der Waals surface area (Å²) in [7, 11) is 4.80. The SMILES string of the molecule is CN=C(NCCC(=O)OC)NC1CCN(c2ccccc2OC)C1.I. The monoisotopic (exact) mass is 462 g/mol. The first-order valence-electron chi connectivity index (χ1n) is 8.10. The van der Waals surface area contributed by atoms with Crippen molar-refractivity contribution < 1.29 is 14.3 Å². The molecule has 0 saturated carbocycles. The predicted molar refractivity (Wildman–Crippen MR) is 110 cm³/mol. The summed E-state index contributed by atoms with van der Waals surface area (Å²) in [6.45, 7) is 2.32. The molecule has 2 rings (SSSR count). The molecule has 0 spiro atoms. The normalized spacial score (nSPS) is 16.8. The van der Waals surface area contributed by atoms with Gasteiger partial charge in [0.25, 0.3) is 0 Å². The molecule has 25 heavy (non-hydrogen) atoms. The van der Waals surface area contributed by atoms with Crippen LogP contribution in [0.3, 0.4) is 0 Å². The van der Waals surface area contributed by atoms with Crippen LogP contribution in [0.4, 0.5) is 5.69 Å². The van der Waals surface area contributed by atoms with Crippen molar-refractivity contribution in [2.45, 2.75) is 18.9 Å². The van der Waals surface area contributed by atoms with Crippen LogP contribution in [0, 0.1) is 0 Å². The number of methoxy groups -OCH3 is 2. The van der Waals surface area contributed by atoms with Gasteiger partial charge in [0.05, 0.1) is 26.3 Å². The number of nitrogens with one attached hydrogen (secondary N) is 2. The Labute approximate surface area is 166 Å². The minimum Gasteiger partial charge on any atom is -0.495 e. The van der Waals surface area contributed by atoms with Crippen LogP contribution in [0.15, 0.2) is 29.3 Å². The molecule has 0 radical (unpaired) electrons. The third-order valence-electron chi connectivity index (χ3n) is 4.03. The van der Waals surface area contributed by atoms with Crippen molar-refractivity contribution in [1.29, 1.82) is 0 Å². The highest BCUT2D eigenvalue weighted by Crippen LogP contribution is 2.30. The highest BCUT2D eigenvalue weighted by molar-refractivity contribution is 14.0. The molecule has 2 N–H and O–H groups in total. The standard InChI is InChI=1S/C17H26N4O3.HI/c1-18-17(19-10-8-16(22)24-3)20-13-9-11-21(12-13)14-6-4-5-7-15(14)23-2;/h4-7,13H,8-12H2,1-3H3,(H2,18,19,20);1H. The molecular weight excluding hydrogens is 435 g/mol. The van der Waals surface area contributed by atoms with Gasteiger partial charge in [-0.05, 0) is 18.6 Å². The summed E-state index contributed by atoms with van der Waals surface area (Å²) in [6.07, 6.45) is 1.32. The van der Waals surface area contributed by atoms with Gasteiger partial charge in [0.15, 0.2) is 5.96 Å². The van der Waals surface area contributed by atoms with Crippen molar-refractivity contribution in [3.8, 4) is 5.75 Å². The quantitative estimate of drug-likeness (QED) is 0.290. The molecule has 1 aromatic rings. The number of guanidine groups is 1. The van der Waals surface area contributed by atoms with Gasteiger partial charge in [-0.25, -0.2) is 0 Å². The molecule has 8 heteroatoms. The lowest BCUT2D eigenvalue weighted by molar-refractivity contribution is -0.140. The summed E-state index contributed by atoms with van der Waals surface area (Å²) < 4.78 is 10.1. The van der Waals surface area contributed by atoms with Crippen LogP contribution >= 0.6 is 24.0 Å². The summed E-state index contributed by atoms with van der Waals surface area (Å²) >= 11 is 0. The predicted octanol–water partition coefficient (Wildman–Crippen LogP) is 1.62. The van der Waals surface area contributed by atoms with E-state index in [0.29, 0.717) is 25.0 Å². The Balaban J connectivity index is 0.00000312. The number of aliphatic imine (C=N–C) groups is 1. The number of para-hydroxylation sites is 2. The summed E-state index contributed by atoms with van der Waals surface area (Å²) in [6, 6.07) is 8.33. The number of rotatable bonds is 6. The Morgan fingerprint density at radius 3 is 2.80 bits per heavy atom. The van der Waals surface area contributed by atoms with Gasteiger partial charge in [-0.3, -0.25) is 9.79 Å². The number of ether oxygens (including phenoxy) is 2. The summed E-state index contributed by atoms with van der Waals surface area (Å²) in [5, 5.41) is 6.53. The fourth-order valence-electron chi connectivity index (χ4n) is 2.76. The molecule has 1 unspecified atom stereocenters. The van der Waals surface area contributed by atoms with E-state index in [1.165, 1.54) is 7.11 Å². The lowest BCUT2D eigenvalue weighted by Gasteiger charge is -2.22. The van der Waals surface area contributed by atoms with E-state index in [1.807, 2.05) is 18.2 Å². The van der Waals surface area contributed by atoms with Crippen LogP contribution in [0.5, 0.6) is 5.75 Å². The molecule has 1 aliphatic rings. The van der Waals surface area contributed by atoms with Crippen LogP contribution in [-0.4, -0.2) is 58.9 Å². The minimum absolute atomic E-state index is 0. The number of carbonyl (C=O) groups excluding carboxylic acids is 1. The summed E-state index contributed by atoms with van der Waals surface area (Å²) in [5.41, 5.74) is 1.11. The van der Waals surface area contributed by atoms with E-state index in [4.69, 9.17) is 4.74 Å². The van der Waals surface area contributed by atoms with E-state index in [1.54, 1.807) is 14.2 Å². The number of hydrogen-bond donors (Lipinski definition) is 2. The molecule has 0 aromatic heterocycles. The Bertz CT molecular complexity index is 583. The van der Waals surface area contributed by atoms with Crippen LogP contribution in [0.2, 0.25) is 0 Å². The second-order valence-corrected chi connectivity index (χ2v) is 5.57. The van der Waals surface area contributed by atoms with Crippen LogP contribution in [0.1, 0.15) is 12.8 Å². The maximum Gasteiger partial charge on any atom is 0.307 e. The molecule has 7 nitrogen and oxygen atoms in total. The van der Waals surface area contributed by atoms with E-state index in [2.05, 4.69) is 31.3 Å². The van der Waals surface area contributed by atoms with Crippen molar-refractivity contribution >= 4 is 41.6 Å². The van der Waals surface area contributed by atoms with Crippen molar-refractivity contribution in [3.05, 3.63) is 24.3 Å². The number of benzene rings is 1. The van der Waals surface area contributed by atoms with Crippen LogP contribution in [0.25, 0.3) is 0 Å². The highest BCUT2D eigenvalue weighted by atomic mass is 127. The van der Waals surface area contributed by atoms with E-state index in [9.17, 15) is 4.79 Å². The molecule has 0 bridgehead atoms. The average molecular weight is 462 g/mol. The molecule has 1 saturated heterocycles. The molecule has 1 aliphatic heterocycles. The smallest absolute Gasteiger partial charge is 0.307 e. The zero-order valence-electron chi connectivity index (χ0n) is 14.9. The van der Waals surface area contributed by atoms with E-state index in [-0.39, 0.29) is 29.9 Å². The third-order valence-corrected chi connectivity index (χ3v) is 4.03. The van der Waals surface area contributed by atoms with Gasteiger partial charge >= 0.3 is 5.97 Å². The second kappa shape index (κ2) is 11.0. The Morgan fingerprint density at radius 1 is 1.36 bits per heavy atom. The van der Waals surface area contributed by atoms with Gasteiger partial charge in [0.1, 0.15) is 5.75 Å². The molecule has 140 valence electrons. The minimum atomic E-state index is -0.235. The number of hydrogen-bond acceptors (Lipinski definition) is 5. The van der Waals surface area contributed by atoms with Crippen molar-refractivity contribution in [1.82, 2.24) is 10.6 Å². The van der Waals surface area contributed by atoms with Crippen LogP contribution < -0.4 is 20.3 Å². The zero-order chi connectivity index (χ0) is 17.4. The Hall–Kier alpha value is -1.71. The summed E-state index contributed by atoms with van der Waals surface area (Å²) in [4.78, 5) is 17.7. The maximum absolute atomic E-state index is 11.1. The molecule has 0 amide bonds. The Kier molecular flexibility index (Phi) is 9.40. The van der Waals surface area contributed by atoms with E-state index < -0.39 is 0 Å². The first kappa shape index (κ1) is 21.3. The van der Waals surface area contributed by atoms with Crippen molar-refractivity contribution in [3.63, 3.8) is 0 Å². The Morgan fingerprint density at radius 2 is 2.12 bits per heavy atom. The third kappa shape index (κ3) is 6.26. The maximum atomic E-state index is 11.1. The molecular formula is C17H27IN4O3. The number of halogens is 1.